The molecule has 0 bridgehead atoms. The molecule has 6 aromatic carbocycles. The predicted octanol–water partition coefficient (Wildman–Crippen LogP) is 9.02. The first-order chi connectivity index (χ1) is 28.8. The van der Waals surface area contributed by atoms with Gasteiger partial charge in [0.25, 0.3) is 6.71 Å². The average molecular weight is 739 g/mol. The number of hydrogen-bond acceptors (Lipinski definition) is 3. The summed E-state index contributed by atoms with van der Waals surface area (Å²) in [6, 6.07) is 55.7. The van der Waals surface area contributed by atoms with Crippen molar-refractivity contribution in [3.05, 3.63) is 187 Å². The van der Waals surface area contributed by atoms with E-state index < -0.39 is 0 Å². The van der Waals surface area contributed by atoms with Crippen molar-refractivity contribution in [1.82, 2.24) is 28.7 Å². The van der Waals surface area contributed by atoms with Gasteiger partial charge in [0, 0.05) is 74.7 Å². The quantitative estimate of drug-likeness (QED) is 0.170. The van der Waals surface area contributed by atoms with Crippen LogP contribution in [0.4, 0.5) is 0 Å². The maximum atomic E-state index is 5.09. The van der Waals surface area contributed by atoms with Gasteiger partial charge in [0.2, 0.25) is 0 Å². The van der Waals surface area contributed by atoms with Gasteiger partial charge >= 0.3 is 0 Å². The summed E-state index contributed by atoms with van der Waals surface area (Å²) in [5.74, 6) is 0.866. The molecular weight excluding hydrogens is 707 g/mol. The summed E-state index contributed by atoms with van der Waals surface area (Å²) in [5.41, 5.74) is 20.9. The van der Waals surface area contributed by atoms with E-state index in [4.69, 9.17) is 15.0 Å². The Morgan fingerprint density at radius 2 is 1.26 bits per heavy atom. The number of fused-ring (bicyclic) bond motifs is 14. The van der Waals surface area contributed by atoms with E-state index in [2.05, 4.69) is 159 Å². The molecule has 7 heterocycles. The third-order valence-electron chi connectivity index (χ3n) is 13.1. The van der Waals surface area contributed by atoms with Gasteiger partial charge in [-0.25, -0.2) is 9.97 Å². The molecule has 7 heteroatoms. The minimum absolute atomic E-state index is 0.00770. The third kappa shape index (κ3) is 3.76. The summed E-state index contributed by atoms with van der Waals surface area (Å²) in [5, 5.41) is 3.68. The van der Waals surface area contributed by atoms with Crippen LogP contribution < -0.4 is 16.4 Å². The Balaban J connectivity index is 1.21. The van der Waals surface area contributed by atoms with Gasteiger partial charge in [-0.15, -0.1) is 0 Å². The van der Waals surface area contributed by atoms with Crippen LogP contribution in [-0.2, 0) is 6.42 Å². The fourth-order valence-corrected chi connectivity index (χ4v) is 11.0. The second kappa shape index (κ2) is 11.1. The molecule has 0 saturated carbocycles. The number of nitrogens with zero attached hydrogens (tertiary/aromatic N) is 6. The van der Waals surface area contributed by atoms with Crippen LogP contribution in [0.1, 0.15) is 22.7 Å². The fourth-order valence-electron chi connectivity index (χ4n) is 11.0. The van der Waals surface area contributed by atoms with Crippen LogP contribution in [0.2, 0.25) is 0 Å². The van der Waals surface area contributed by atoms with Crippen molar-refractivity contribution in [1.29, 1.82) is 0 Å². The first kappa shape index (κ1) is 30.7. The summed E-state index contributed by atoms with van der Waals surface area (Å²) < 4.78 is 7.60. The molecule has 14 rings (SSSR count). The maximum Gasteiger partial charge on any atom is 0.252 e. The average Bonchev–Trinajstić information content (AvgIpc) is 3.94. The molecule has 58 heavy (non-hydrogen) atoms. The second-order valence-electron chi connectivity index (χ2n) is 15.9. The van der Waals surface area contributed by atoms with Gasteiger partial charge in [-0.1, -0.05) is 109 Å². The van der Waals surface area contributed by atoms with Crippen molar-refractivity contribution in [3.8, 4) is 39.6 Å². The van der Waals surface area contributed by atoms with Crippen LogP contribution in [0.25, 0.3) is 83.4 Å². The van der Waals surface area contributed by atoms with E-state index >= 15 is 0 Å². The first-order valence-corrected chi connectivity index (χ1v) is 20.1. The zero-order valence-electron chi connectivity index (χ0n) is 31.2. The molecule has 0 fully saturated rings. The van der Waals surface area contributed by atoms with Crippen LogP contribution in [0.15, 0.2) is 170 Å². The van der Waals surface area contributed by atoms with Gasteiger partial charge in [0.15, 0.2) is 5.82 Å². The Hall–Kier alpha value is -7.51. The Bertz CT molecular complexity index is 3550. The predicted molar refractivity (Wildman–Crippen MR) is 235 cm³/mol. The van der Waals surface area contributed by atoms with Gasteiger partial charge in [-0.3, -0.25) is 14.1 Å². The molecular formula is C51H31BN6. The van der Waals surface area contributed by atoms with Crippen molar-refractivity contribution in [2.45, 2.75) is 12.3 Å². The Kier molecular flexibility index (Phi) is 5.86. The van der Waals surface area contributed by atoms with Gasteiger partial charge in [-0.2, -0.15) is 0 Å². The zero-order chi connectivity index (χ0) is 37.6. The van der Waals surface area contributed by atoms with Crippen LogP contribution in [-0.4, -0.2) is 35.4 Å². The Morgan fingerprint density at radius 1 is 0.569 bits per heavy atom. The molecule has 2 aliphatic heterocycles. The Morgan fingerprint density at radius 3 is 2.07 bits per heavy atom. The highest BCUT2D eigenvalue weighted by Crippen LogP contribution is 2.50. The molecule has 0 N–H and O–H groups in total. The van der Waals surface area contributed by atoms with Crippen LogP contribution in [0.5, 0.6) is 0 Å². The van der Waals surface area contributed by atoms with Crippen molar-refractivity contribution >= 4 is 67.0 Å². The molecule has 6 nitrogen and oxygen atoms in total. The Labute approximate surface area is 333 Å². The summed E-state index contributed by atoms with van der Waals surface area (Å²) >= 11 is 0. The monoisotopic (exact) mass is 738 g/mol. The third-order valence-corrected chi connectivity index (χ3v) is 13.1. The van der Waals surface area contributed by atoms with E-state index in [-0.39, 0.29) is 12.6 Å². The normalized spacial score (nSPS) is 14.6. The van der Waals surface area contributed by atoms with E-state index in [0.29, 0.717) is 5.82 Å². The van der Waals surface area contributed by atoms with Gasteiger partial charge in [0.05, 0.1) is 21.9 Å². The lowest BCUT2D eigenvalue weighted by Crippen LogP contribution is -2.59. The standard InChI is InChI=1S/C51H31BN6/c1-3-13-30(14-4-1)37-27-31-15-7-8-18-34(31)43-35-19-9-21-38-47(35)57(49(37)43)41-28-32(50-54-25-12-26-55-50)29-42-45(41)52(38)39-22-10-20-36-44-46-40(23-11-24-53-46)56(33-16-5-2-6-17-33)51(44)58(42)48(36)39/h1-26,28-29,37H,27H2. The number of rotatable bonds is 3. The first-order valence-electron chi connectivity index (χ1n) is 20.1. The minimum Gasteiger partial charge on any atom is -0.313 e. The highest BCUT2D eigenvalue weighted by molar-refractivity contribution is 7.00. The highest BCUT2D eigenvalue weighted by Gasteiger charge is 2.44. The fraction of sp³-hybridized carbons (Fsp3) is 0.0392. The summed E-state index contributed by atoms with van der Waals surface area (Å²) in [6.45, 7) is 0.00770. The van der Waals surface area contributed by atoms with Crippen LogP contribution in [0, 0.1) is 0 Å². The minimum atomic E-state index is 0.00770. The highest BCUT2D eigenvalue weighted by atomic mass is 15.2. The van der Waals surface area contributed by atoms with Crippen molar-refractivity contribution in [3.63, 3.8) is 0 Å². The zero-order valence-corrected chi connectivity index (χ0v) is 31.2. The summed E-state index contributed by atoms with van der Waals surface area (Å²) in [7, 11) is 0. The topological polar surface area (TPSA) is 53.5 Å². The van der Waals surface area contributed by atoms with Crippen LogP contribution in [0.3, 0.4) is 0 Å². The van der Waals surface area contributed by atoms with E-state index in [0.717, 1.165) is 40.0 Å². The summed E-state index contributed by atoms with van der Waals surface area (Å²) in [4.78, 5) is 14.8. The summed E-state index contributed by atoms with van der Waals surface area (Å²) in [6.07, 6.45) is 6.56. The SMILES string of the molecule is c1ccc(C2Cc3ccccc3-c3c2n2c4c(cccc34)B3c4c-2cc(-c2ncccn2)cc4-n2c4c3cccc4c3c4ncccc4n(-c4ccccc4)c32)cc1. The number of aromatic nitrogens is 6. The molecule has 268 valence electrons. The van der Waals surface area contributed by atoms with Gasteiger partial charge < -0.3 is 4.57 Å². The largest absolute Gasteiger partial charge is 0.313 e. The van der Waals surface area contributed by atoms with Crippen molar-refractivity contribution in [2.24, 2.45) is 0 Å². The molecule has 11 aromatic rings. The molecule has 1 aliphatic carbocycles. The number of benzene rings is 6. The lowest BCUT2D eigenvalue weighted by molar-refractivity contribution is 0.746. The van der Waals surface area contributed by atoms with Gasteiger partial charge in [-0.05, 0) is 82.0 Å². The molecule has 3 aliphatic rings. The smallest absolute Gasteiger partial charge is 0.252 e. The number of pyridine rings is 1. The molecule has 0 radical (unpaired) electrons. The van der Waals surface area contributed by atoms with E-state index in [1.54, 1.807) is 0 Å². The number of hydrogen-bond donors (Lipinski definition) is 0. The lowest BCUT2D eigenvalue weighted by atomic mass is 9.34. The lowest BCUT2D eigenvalue weighted by Gasteiger charge is -2.35. The molecule has 1 unspecified atom stereocenters. The van der Waals surface area contributed by atoms with E-state index in [1.807, 2.05) is 24.7 Å². The van der Waals surface area contributed by atoms with Crippen molar-refractivity contribution < 1.29 is 0 Å². The second-order valence-corrected chi connectivity index (χ2v) is 15.9. The van der Waals surface area contributed by atoms with Crippen LogP contribution >= 0.6 is 0 Å². The molecule has 0 amide bonds. The van der Waals surface area contributed by atoms with Crippen molar-refractivity contribution in [2.75, 3.05) is 0 Å². The molecule has 0 spiro atoms. The maximum absolute atomic E-state index is 5.09. The number of para-hydroxylation sites is 3. The molecule has 0 saturated heterocycles. The van der Waals surface area contributed by atoms with E-state index in [9.17, 15) is 0 Å². The van der Waals surface area contributed by atoms with Gasteiger partial charge in [0.1, 0.15) is 5.65 Å². The molecule has 1 atom stereocenters. The van der Waals surface area contributed by atoms with E-state index in [1.165, 1.54) is 77.2 Å². The molecule has 5 aromatic heterocycles.